The van der Waals surface area contributed by atoms with E-state index in [1.807, 2.05) is 42.5 Å². The van der Waals surface area contributed by atoms with Crippen LogP contribution < -0.4 is 0 Å². The molecule has 2 rings (SSSR count). The molecule has 82 valence electrons. The minimum absolute atomic E-state index is 0.0505. The molecule has 0 saturated carbocycles. The summed E-state index contributed by atoms with van der Waals surface area (Å²) in [5.74, 6) is 0. The van der Waals surface area contributed by atoms with Gasteiger partial charge in [0, 0.05) is 22.8 Å². The molecule has 3 heteroatoms. The van der Waals surface area contributed by atoms with Crippen molar-refractivity contribution in [3.63, 3.8) is 0 Å². The summed E-state index contributed by atoms with van der Waals surface area (Å²) in [5, 5.41) is -0.0505. The minimum Gasteiger partial charge on any atom is -0.261 e. The number of benzene rings is 1. The van der Waals surface area contributed by atoms with Crippen molar-refractivity contribution in [2.75, 3.05) is 0 Å². The lowest BCUT2D eigenvalue weighted by Crippen LogP contribution is -1.98. The van der Waals surface area contributed by atoms with E-state index in [1.165, 1.54) is 0 Å². The summed E-state index contributed by atoms with van der Waals surface area (Å²) < 4.78 is 1.05. The van der Waals surface area contributed by atoms with Crippen LogP contribution in [0.1, 0.15) is 16.6 Å². The Morgan fingerprint density at radius 1 is 1.12 bits per heavy atom. The molecule has 0 spiro atoms. The van der Waals surface area contributed by atoms with Gasteiger partial charge < -0.3 is 0 Å². The fraction of sp³-hybridized carbons (Fsp3) is 0.154. The van der Waals surface area contributed by atoms with Crippen molar-refractivity contribution < 1.29 is 0 Å². The van der Waals surface area contributed by atoms with Crippen LogP contribution in [0.3, 0.4) is 0 Å². The van der Waals surface area contributed by atoms with Gasteiger partial charge in [-0.2, -0.15) is 0 Å². The van der Waals surface area contributed by atoms with Gasteiger partial charge in [-0.25, -0.2) is 0 Å². The van der Waals surface area contributed by atoms with Crippen LogP contribution in [0.2, 0.25) is 0 Å². The summed E-state index contributed by atoms with van der Waals surface area (Å²) in [4.78, 5) is 4.27. The van der Waals surface area contributed by atoms with E-state index < -0.39 is 0 Å². The Bertz CT molecular complexity index is 458. The van der Waals surface area contributed by atoms with Crippen molar-refractivity contribution in [2.45, 2.75) is 11.8 Å². The molecule has 1 heterocycles. The van der Waals surface area contributed by atoms with E-state index >= 15 is 0 Å². The zero-order valence-electron chi connectivity index (χ0n) is 8.61. The first-order valence-electron chi connectivity index (χ1n) is 5.06. The maximum Gasteiger partial charge on any atom is 0.0651 e. The molecule has 0 aliphatic rings. The van der Waals surface area contributed by atoms with Gasteiger partial charge in [0.05, 0.1) is 5.38 Å². The highest BCUT2D eigenvalue weighted by atomic mass is 79.9. The van der Waals surface area contributed by atoms with Gasteiger partial charge in [0.25, 0.3) is 0 Å². The highest BCUT2D eigenvalue weighted by molar-refractivity contribution is 9.10. The third kappa shape index (κ3) is 2.83. The molecule has 1 aromatic carbocycles. The summed E-state index contributed by atoms with van der Waals surface area (Å²) in [6, 6.07) is 13.9. The molecular weight excluding hydrogens is 286 g/mol. The van der Waals surface area contributed by atoms with Gasteiger partial charge >= 0.3 is 0 Å². The molecule has 0 aliphatic carbocycles. The molecule has 1 nitrogen and oxygen atoms in total. The average molecular weight is 297 g/mol. The predicted octanol–water partition coefficient (Wildman–Crippen LogP) is 4.37. The Morgan fingerprint density at radius 2 is 1.88 bits per heavy atom. The van der Waals surface area contributed by atoms with Crippen LogP contribution in [0, 0.1) is 0 Å². The summed E-state index contributed by atoms with van der Waals surface area (Å²) in [7, 11) is 0. The third-order valence-corrected chi connectivity index (χ3v) is 3.47. The van der Waals surface area contributed by atoms with Crippen LogP contribution >= 0.6 is 27.5 Å². The Hall–Kier alpha value is -0.860. The fourth-order valence-corrected chi connectivity index (χ4v) is 2.58. The molecular formula is C13H11BrClN. The smallest absolute Gasteiger partial charge is 0.0651 e. The molecule has 0 fully saturated rings. The quantitative estimate of drug-likeness (QED) is 0.767. The van der Waals surface area contributed by atoms with Crippen LogP contribution in [0.25, 0.3) is 0 Å². The lowest BCUT2D eigenvalue weighted by molar-refractivity contribution is 0.877. The maximum atomic E-state index is 6.38. The molecule has 1 unspecified atom stereocenters. The lowest BCUT2D eigenvalue weighted by Gasteiger charge is -2.11. The van der Waals surface area contributed by atoms with Gasteiger partial charge in [-0.05, 0) is 23.8 Å². The van der Waals surface area contributed by atoms with Gasteiger partial charge in [-0.3, -0.25) is 4.98 Å². The van der Waals surface area contributed by atoms with E-state index in [0.29, 0.717) is 0 Å². The lowest BCUT2D eigenvalue weighted by atomic mass is 10.1. The maximum absolute atomic E-state index is 6.38. The number of rotatable bonds is 3. The van der Waals surface area contributed by atoms with Gasteiger partial charge in [0.1, 0.15) is 0 Å². The zero-order chi connectivity index (χ0) is 11.4. The highest BCUT2D eigenvalue weighted by Crippen LogP contribution is 2.30. The van der Waals surface area contributed by atoms with Gasteiger partial charge in [0.2, 0.25) is 0 Å². The number of pyridine rings is 1. The summed E-state index contributed by atoms with van der Waals surface area (Å²) in [6.07, 6.45) is 2.53. The zero-order valence-corrected chi connectivity index (χ0v) is 10.9. The molecule has 1 aromatic heterocycles. The molecule has 0 amide bonds. The summed E-state index contributed by atoms with van der Waals surface area (Å²) in [6.45, 7) is 0. The van der Waals surface area contributed by atoms with E-state index in [9.17, 15) is 0 Å². The second-order valence-corrected chi connectivity index (χ2v) is 4.90. The number of alkyl halides is 1. The number of hydrogen-bond donors (Lipinski definition) is 0. The first-order chi connectivity index (χ1) is 7.77. The van der Waals surface area contributed by atoms with Crippen LogP contribution in [0.4, 0.5) is 0 Å². The second-order valence-electron chi connectivity index (χ2n) is 3.51. The standard InChI is InChI=1S/C13H11BrClN/c14-12-7-2-1-6-11(12)13(15)9-10-5-3-4-8-16-10/h1-8,13H,9H2. The molecule has 0 radical (unpaired) electrons. The number of hydrogen-bond acceptors (Lipinski definition) is 1. The molecule has 16 heavy (non-hydrogen) atoms. The predicted molar refractivity (Wildman–Crippen MR) is 70.7 cm³/mol. The highest BCUT2D eigenvalue weighted by Gasteiger charge is 2.11. The van der Waals surface area contributed by atoms with E-state index in [2.05, 4.69) is 20.9 Å². The minimum atomic E-state index is -0.0505. The van der Waals surface area contributed by atoms with E-state index in [0.717, 1.165) is 22.2 Å². The Labute approximate surface area is 109 Å². The molecule has 0 saturated heterocycles. The Kier molecular flexibility index (Phi) is 3.97. The normalized spacial score (nSPS) is 12.4. The van der Waals surface area contributed by atoms with Crippen molar-refractivity contribution in [2.24, 2.45) is 0 Å². The van der Waals surface area contributed by atoms with Crippen LogP contribution in [0.15, 0.2) is 53.1 Å². The summed E-state index contributed by atoms with van der Waals surface area (Å²) in [5.41, 5.74) is 2.12. The molecule has 0 aliphatic heterocycles. The van der Waals surface area contributed by atoms with Crippen LogP contribution in [-0.2, 0) is 6.42 Å². The average Bonchev–Trinajstić information content (AvgIpc) is 2.31. The van der Waals surface area contributed by atoms with Crippen molar-refractivity contribution in [1.82, 2.24) is 4.98 Å². The summed E-state index contributed by atoms with van der Waals surface area (Å²) >= 11 is 9.88. The fourth-order valence-electron chi connectivity index (χ4n) is 1.54. The van der Waals surface area contributed by atoms with Crippen molar-refractivity contribution in [3.8, 4) is 0 Å². The number of halogens is 2. The van der Waals surface area contributed by atoms with Crippen LogP contribution in [-0.4, -0.2) is 4.98 Å². The van der Waals surface area contributed by atoms with Gasteiger partial charge in [-0.15, -0.1) is 11.6 Å². The number of nitrogens with zero attached hydrogens (tertiary/aromatic N) is 1. The molecule has 0 bridgehead atoms. The molecule has 2 aromatic rings. The van der Waals surface area contributed by atoms with Gasteiger partial charge in [0.15, 0.2) is 0 Å². The van der Waals surface area contributed by atoms with Crippen LogP contribution in [0.5, 0.6) is 0 Å². The van der Waals surface area contributed by atoms with Crippen molar-refractivity contribution >= 4 is 27.5 Å². The largest absolute Gasteiger partial charge is 0.261 e. The molecule has 0 N–H and O–H groups in total. The SMILES string of the molecule is ClC(Cc1ccccn1)c1ccccc1Br. The van der Waals surface area contributed by atoms with E-state index in [1.54, 1.807) is 6.20 Å². The van der Waals surface area contributed by atoms with Gasteiger partial charge in [-0.1, -0.05) is 40.2 Å². The first-order valence-corrected chi connectivity index (χ1v) is 6.28. The van der Waals surface area contributed by atoms with E-state index in [-0.39, 0.29) is 5.38 Å². The Morgan fingerprint density at radius 3 is 2.56 bits per heavy atom. The third-order valence-electron chi connectivity index (χ3n) is 2.36. The second kappa shape index (κ2) is 5.46. The monoisotopic (exact) mass is 295 g/mol. The Balaban J connectivity index is 2.15. The van der Waals surface area contributed by atoms with Crippen molar-refractivity contribution in [1.29, 1.82) is 0 Å². The topological polar surface area (TPSA) is 12.9 Å². The van der Waals surface area contributed by atoms with E-state index in [4.69, 9.17) is 11.6 Å². The first kappa shape index (κ1) is 11.6. The molecule has 1 atom stereocenters. The van der Waals surface area contributed by atoms with Crippen molar-refractivity contribution in [3.05, 3.63) is 64.4 Å². The number of aromatic nitrogens is 1.